The standard InChI is InChI=1S/C9H15FO4S/c1-9(10,5-8(11)12)7-3-2-4-15(13,14)6-7/h7H,2-6H2,1H3,(H,11,12). The highest BCUT2D eigenvalue weighted by Crippen LogP contribution is 2.33. The molecule has 1 heterocycles. The molecule has 1 aliphatic rings. The van der Waals surface area contributed by atoms with Gasteiger partial charge in [-0.15, -0.1) is 0 Å². The molecule has 0 bridgehead atoms. The third-order valence-corrected chi connectivity index (χ3v) is 4.63. The first-order valence-electron chi connectivity index (χ1n) is 4.84. The van der Waals surface area contributed by atoms with Gasteiger partial charge in [0.05, 0.1) is 17.9 Å². The van der Waals surface area contributed by atoms with Crippen molar-refractivity contribution in [3.05, 3.63) is 0 Å². The monoisotopic (exact) mass is 238 g/mol. The zero-order valence-corrected chi connectivity index (χ0v) is 9.39. The van der Waals surface area contributed by atoms with E-state index in [1.54, 1.807) is 0 Å². The van der Waals surface area contributed by atoms with E-state index < -0.39 is 33.8 Å². The summed E-state index contributed by atoms with van der Waals surface area (Å²) in [5, 5.41) is 8.52. The molecule has 15 heavy (non-hydrogen) atoms. The number of sulfone groups is 1. The van der Waals surface area contributed by atoms with Crippen molar-refractivity contribution in [2.75, 3.05) is 11.5 Å². The van der Waals surface area contributed by atoms with Gasteiger partial charge in [0.15, 0.2) is 9.84 Å². The van der Waals surface area contributed by atoms with Crippen molar-refractivity contribution in [3.8, 4) is 0 Å². The van der Waals surface area contributed by atoms with Crippen LogP contribution in [0.2, 0.25) is 0 Å². The van der Waals surface area contributed by atoms with Gasteiger partial charge in [0.1, 0.15) is 5.67 Å². The Morgan fingerprint density at radius 2 is 2.20 bits per heavy atom. The fourth-order valence-corrected chi connectivity index (χ4v) is 3.84. The van der Waals surface area contributed by atoms with E-state index in [2.05, 4.69) is 0 Å². The zero-order chi connectivity index (χ0) is 11.7. The van der Waals surface area contributed by atoms with Crippen molar-refractivity contribution < 1.29 is 22.7 Å². The van der Waals surface area contributed by atoms with Gasteiger partial charge in [-0.25, -0.2) is 12.8 Å². The minimum atomic E-state index is -3.18. The smallest absolute Gasteiger partial charge is 0.306 e. The van der Waals surface area contributed by atoms with Gasteiger partial charge in [0.25, 0.3) is 0 Å². The summed E-state index contributed by atoms with van der Waals surface area (Å²) in [6, 6.07) is 0. The molecule has 0 saturated carbocycles. The number of hydrogen-bond donors (Lipinski definition) is 1. The molecule has 0 aromatic heterocycles. The van der Waals surface area contributed by atoms with E-state index in [-0.39, 0.29) is 11.5 Å². The van der Waals surface area contributed by atoms with Crippen LogP contribution in [0.15, 0.2) is 0 Å². The summed E-state index contributed by atoms with van der Waals surface area (Å²) in [6.45, 7) is 1.17. The van der Waals surface area contributed by atoms with Crippen molar-refractivity contribution in [2.45, 2.75) is 31.9 Å². The molecular formula is C9H15FO4S. The molecule has 0 aromatic rings. The highest BCUT2D eigenvalue weighted by atomic mass is 32.2. The molecule has 1 fully saturated rings. The average Bonchev–Trinajstić information content (AvgIpc) is 1.99. The van der Waals surface area contributed by atoms with Gasteiger partial charge in [0.2, 0.25) is 0 Å². The summed E-state index contributed by atoms with van der Waals surface area (Å²) in [6.07, 6.45) is 0.235. The molecule has 1 aliphatic heterocycles. The van der Waals surface area contributed by atoms with Crippen LogP contribution in [0.4, 0.5) is 4.39 Å². The predicted octanol–water partition coefficient (Wildman–Crippen LogP) is 1.01. The number of carbonyl (C=O) groups is 1. The Kier molecular flexibility index (Phi) is 3.38. The molecule has 0 aliphatic carbocycles. The molecule has 2 atom stereocenters. The van der Waals surface area contributed by atoms with Crippen LogP contribution < -0.4 is 0 Å². The van der Waals surface area contributed by atoms with Crippen LogP contribution in [0.3, 0.4) is 0 Å². The number of carboxylic acids is 1. The van der Waals surface area contributed by atoms with Gasteiger partial charge < -0.3 is 5.11 Å². The average molecular weight is 238 g/mol. The number of hydrogen-bond acceptors (Lipinski definition) is 3. The summed E-state index contributed by atoms with van der Waals surface area (Å²) in [4.78, 5) is 10.4. The van der Waals surface area contributed by atoms with Gasteiger partial charge in [-0.05, 0) is 19.8 Å². The summed E-state index contributed by atoms with van der Waals surface area (Å²) in [7, 11) is -3.18. The second kappa shape index (κ2) is 4.08. The lowest BCUT2D eigenvalue weighted by Gasteiger charge is -2.31. The first-order valence-corrected chi connectivity index (χ1v) is 6.66. The van der Waals surface area contributed by atoms with Crippen LogP contribution >= 0.6 is 0 Å². The van der Waals surface area contributed by atoms with E-state index >= 15 is 0 Å². The molecular weight excluding hydrogens is 223 g/mol. The first kappa shape index (κ1) is 12.4. The van der Waals surface area contributed by atoms with Crippen molar-refractivity contribution in [2.24, 2.45) is 5.92 Å². The van der Waals surface area contributed by atoms with E-state index in [4.69, 9.17) is 5.11 Å². The number of rotatable bonds is 3. The first-order chi connectivity index (χ1) is 6.73. The SMILES string of the molecule is CC(F)(CC(=O)O)C1CCCS(=O)(=O)C1. The van der Waals surface area contributed by atoms with Crippen LogP contribution in [0.1, 0.15) is 26.2 Å². The second-order valence-corrected chi connectivity index (χ2v) is 6.53. The molecule has 2 unspecified atom stereocenters. The van der Waals surface area contributed by atoms with Gasteiger partial charge in [-0.2, -0.15) is 0 Å². The van der Waals surface area contributed by atoms with Crippen LogP contribution in [0.5, 0.6) is 0 Å². The van der Waals surface area contributed by atoms with Gasteiger partial charge >= 0.3 is 5.97 Å². The van der Waals surface area contributed by atoms with Gasteiger partial charge in [-0.1, -0.05) is 0 Å². The Morgan fingerprint density at radius 3 is 2.67 bits per heavy atom. The number of halogens is 1. The quantitative estimate of drug-likeness (QED) is 0.796. The molecule has 1 N–H and O–H groups in total. The molecule has 6 heteroatoms. The Hall–Kier alpha value is -0.650. The van der Waals surface area contributed by atoms with Crippen molar-refractivity contribution in [1.82, 2.24) is 0 Å². The van der Waals surface area contributed by atoms with Crippen LogP contribution in [0, 0.1) is 5.92 Å². The number of alkyl halides is 1. The summed E-state index contributed by atoms with van der Waals surface area (Å²) in [5.41, 5.74) is -1.93. The number of aliphatic carboxylic acids is 1. The normalized spacial score (nSPS) is 29.3. The minimum absolute atomic E-state index is 0.0899. The molecule has 1 rings (SSSR count). The van der Waals surface area contributed by atoms with E-state index in [0.29, 0.717) is 12.8 Å². The molecule has 0 aromatic carbocycles. The fourth-order valence-electron chi connectivity index (χ4n) is 1.94. The van der Waals surface area contributed by atoms with Gasteiger partial charge in [-0.3, -0.25) is 4.79 Å². The van der Waals surface area contributed by atoms with Crippen molar-refractivity contribution >= 4 is 15.8 Å². The lowest BCUT2D eigenvalue weighted by Crippen LogP contribution is -2.40. The highest BCUT2D eigenvalue weighted by molar-refractivity contribution is 7.91. The summed E-state index contributed by atoms with van der Waals surface area (Å²) >= 11 is 0. The second-order valence-electron chi connectivity index (χ2n) is 4.30. The highest BCUT2D eigenvalue weighted by Gasteiger charge is 2.40. The Labute approximate surface area is 88.4 Å². The largest absolute Gasteiger partial charge is 0.481 e. The lowest BCUT2D eigenvalue weighted by molar-refractivity contribution is -0.140. The van der Waals surface area contributed by atoms with E-state index in [0.717, 1.165) is 0 Å². The van der Waals surface area contributed by atoms with E-state index in [1.807, 2.05) is 0 Å². The topological polar surface area (TPSA) is 71.4 Å². The van der Waals surface area contributed by atoms with Crippen molar-refractivity contribution in [3.63, 3.8) is 0 Å². The summed E-state index contributed by atoms with van der Waals surface area (Å²) < 4.78 is 36.5. The van der Waals surface area contributed by atoms with Crippen LogP contribution in [-0.4, -0.2) is 36.7 Å². The summed E-state index contributed by atoms with van der Waals surface area (Å²) in [5.74, 6) is -2.06. The van der Waals surface area contributed by atoms with Crippen LogP contribution in [0.25, 0.3) is 0 Å². The Bertz CT molecular complexity index is 347. The fraction of sp³-hybridized carbons (Fsp3) is 0.889. The zero-order valence-electron chi connectivity index (χ0n) is 8.57. The molecule has 0 amide bonds. The third kappa shape index (κ3) is 3.44. The maximum atomic E-state index is 13.9. The number of carboxylic acid groups (broad SMARTS) is 1. The lowest BCUT2D eigenvalue weighted by atomic mass is 9.86. The van der Waals surface area contributed by atoms with Gasteiger partial charge in [0, 0.05) is 5.92 Å². The molecule has 88 valence electrons. The Morgan fingerprint density at radius 1 is 1.60 bits per heavy atom. The maximum absolute atomic E-state index is 13.9. The molecule has 0 spiro atoms. The minimum Gasteiger partial charge on any atom is -0.481 e. The Balaban J connectivity index is 2.74. The van der Waals surface area contributed by atoms with Crippen LogP contribution in [-0.2, 0) is 14.6 Å². The van der Waals surface area contributed by atoms with E-state index in [9.17, 15) is 17.6 Å². The maximum Gasteiger partial charge on any atom is 0.306 e. The molecule has 1 saturated heterocycles. The predicted molar refractivity (Wildman–Crippen MR) is 53.1 cm³/mol. The van der Waals surface area contributed by atoms with E-state index in [1.165, 1.54) is 6.92 Å². The third-order valence-electron chi connectivity index (χ3n) is 2.81. The van der Waals surface area contributed by atoms with Crippen molar-refractivity contribution in [1.29, 1.82) is 0 Å². The molecule has 4 nitrogen and oxygen atoms in total. The molecule has 0 radical (unpaired) electrons.